The third kappa shape index (κ3) is 3.76. The molecule has 2 rings (SSSR count). The van der Waals surface area contributed by atoms with Gasteiger partial charge in [-0.1, -0.05) is 31.2 Å². The van der Waals surface area contributed by atoms with Gasteiger partial charge in [-0.3, -0.25) is 0 Å². The van der Waals surface area contributed by atoms with Crippen molar-refractivity contribution in [3.63, 3.8) is 0 Å². The van der Waals surface area contributed by atoms with Crippen LogP contribution >= 0.6 is 0 Å². The lowest BCUT2D eigenvalue weighted by molar-refractivity contribution is 0.404. The molecule has 0 saturated heterocycles. The second kappa shape index (κ2) is 7.70. The van der Waals surface area contributed by atoms with E-state index >= 15 is 0 Å². The summed E-state index contributed by atoms with van der Waals surface area (Å²) in [4.78, 5) is 0. The van der Waals surface area contributed by atoms with E-state index in [1.807, 2.05) is 18.2 Å². The first-order chi connectivity index (χ1) is 10.3. The number of ether oxygens (including phenoxy) is 2. The Labute approximate surface area is 126 Å². The van der Waals surface area contributed by atoms with E-state index in [2.05, 4.69) is 36.5 Å². The number of hydrogen-bond donors (Lipinski definition) is 1. The predicted molar refractivity (Wildman–Crippen MR) is 87.0 cm³/mol. The van der Waals surface area contributed by atoms with Crippen LogP contribution in [0.25, 0.3) is 11.1 Å². The average molecular weight is 285 g/mol. The van der Waals surface area contributed by atoms with Crippen molar-refractivity contribution in [2.45, 2.75) is 19.9 Å². The van der Waals surface area contributed by atoms with Gasteiger partial charge >= 0.3 is 0 Å². The Morgan fingerprint density at radius 3 is 2.48 bits per heavy atom. The third-order valence-electron chi connectivity index (χ3n) is 3.46. The van der Waals surface area contributed by atoms with Crippen LogP contribution in [0.4, 0.5) is 0 Å². The van der Waals surface area contributed by atoms with Crippen LogP contribution in [0, 0.1) is 0 Å². The van der Waals surface area contributed by atoms with E-state index in [0.29, 0.717) is 0 Å². The van der Waals surface area contributed by atoms with Crippen molar-refractivity contribution in [3.05, 3.63) is 48.0 Å². The summed E-state index contributed by atoms with van der Waals surface area (Å²) in [5.41, 5.74) is 3.50. The van der Waals surface area contributed by atoms with Crippen molar-refractivity contribution >= 4 is 0 Å². The van der Waals surface area contributed by atoms with Crippen molar-refractivity contribution in [1.29, 1.82) is 0 Å². The zero-order valence-electron chi connectivity index (χ0n) is 13.0. The van der Waals surface area contributed by atoms with Crippen LogP contribution in [0.3, 0.4) is 0 Å². The van der Waals surface area contributed by atoms with E-state index in [9.17, 15) is 0 Å². The first kappa shape index (κ1) is 15.4. The second-order valence-corrected chi connectivity index (χ2v) is 4.90. The number of nitrogens with one attached hydrogen (secondary N) is 1. The van der Waals surface area contributed by atoms with E-state index in [1.54, 1.807) is 14.2 Å². The van der Waals surface area contributed by atoms with Gasteiger partial charge in [0.25, 0.3) is 0 Å². The molecule has 2 aromatic rings. The van der Waals surface area contributed by atoms with Gasteiger partial charge in [0.05, 0.1) is 14.2 Å². The average Bonchev–Trinajstić information content (AvgIpc) is 2.55. The quantitative estimate of drug-likeness (QED) is 0.783. The molecule has 3 heteroatoms. The van der Waals surface area contributed by atoms with E-state index < -0.39 is 0 Å². The molecule has 0 atom stereocenters. The van der Waals surface area contributed by atoms with Gasteiger partial charge < -0.3 is 14.8 Å². The van der Waals surface area contributed by atoms with E-state index in [0.717, 1.165) is 36.6 Å². The van der Waals surface area contributed by atoms with Crippen LogP contribution in [-0.4, -0.2) is 20.8 Å². The molecule has 0 aliphatic rings. The number of methoxy groups -OCH3 is 2. The van der Waals surface area contributed by atoms with Crippen LogP contribution in [0.1, 0.15) is 18.9 Å². The molecular weight excluding hydrogens is 262 g/mol. The van der Waals surface area contributed by atoms with Gasteiger partial charge in [0.2, 0.25) is 0 Å². The molecule has 0 aliphatic carbocycles. The molecule has 0 aliphatic heterocycles. The lowest BCUT2D eigenvalue weighted by Crippen LogP contribution is -2.14. The minimum atomic E-state index is 0.835. The molecule has 0 unspecified atom stereocenters. The van der Waals surface area contributed by atoms with Crippen LogP contribution in [0.2, 0.25) is 0 Å². The highest BCUT2D eigenvalue weighted by Crippen LogP contribution is 2.35. The standard InChI is InChI=1S/C18H23NO2/c1-4-11-19-13-14-7-5-6-8-16(14)17-12-15(20-2)9-10-18(17)21-3/h5-10,12,19H,4,11,13H2,1-3H3. The SMILES string of the molecule is CCCNCc1ccccc1-c1cc(OC)ccc1OC. The van der Waals surface area contributed by atoms with E-state index in [-0.39, 0.29) is 0 Å². The highest BCUT2D eigenvalue weighted by atomic mass is 16.5. The Morgan fingerprint density at radius 2 is 1.76 bits per heavy atom. The molecule has 21 heavy (non-hydrogen) atoms. The summed E-state index contributed by atoms with van der Waals surface area (Å²) in [5.74, 6) is 1.70. The topological polar surface area (TPSA) is 30.5 Å². The Balaban J connectivity index is 2.40. The molecule has 0 fully saturated rings. The van der Waals surface area contributed by atoms with Gasteiger partial charge in [0.15, 0.2) is 0 Å². The van der Waals surface area contributed by atoms with Crippen LogP contribution < -0.4 is 14.8 Å². The largest absolute Gasteiger partial charge is 0.497 e. The summed E-state index contributed by atoms with van der Waals surface area (Å²) >= 11 is 0. The van der Waals surface area contributed by atoms with Crippen LogP contribution in [0.5, 0.6) is 11.5 Å². The van der Waals surface area contributed by atoms with E-state index in [1.165, 1.54) is 11.1 Å². The molecule has 2 aromatic carbocycles. The first-order valence-electron chi connectivity index (χ1n) is 7.31. The maximum Gasteiger partial charge on any atom is 0.126 e. The number of hydrogen-bond acceptors (Lipinski definition) is 3. The van der Waals surface area contributed by atoms with Crippen molar-refractivity contribution < 1.29 is 9.47 Å². The van der Waals surface area contributed by atoms with Crippen molar-refractivity contribution in [1.82, 2.24) is 5.32 Å². The normalized spacial score (nSPS) is 10.4. The van der Waals surface area contributed by atoms with Gasteiger partial charge in [0, 0.05) is 12.1 Å². The summed E-state index contributed by atoms with van der Waals surface area (Å²) in [6.07, 6.45) is 1.13. The fraction of sp³-hybridized carbons (Fsp3) is 0.333. The zero-order chi connectivity index (χ0) is 15.1. The minimum Gasteiger partial charge on any atom is -0.497 e. The van der Waals surface area contributed by atoms with Crippen molar-refractivity contribution in [2.24, 2.45) is 0 Å². The minimum absolute atomic E-state index is 0.835. The molecule has 0 amide bonds. The van der Waals surface area contributed by atoms with Gasteiger partial charge in [-0.25, -0.2) is 0 Å². The zero-order valence-corrected chi connectivity index (χ0v) is 13.0. The maximum atomic E-state index is 5.50. The summed E-state index contributed by atoms with van der Waals surface area (Å²) < 4.78 is 10.8. The highest BCUT2D eigenvalue weighted by molar-refractivity contribution is 5.74. The summed E-state index contributed by atoms with van der Waals surface area (Å²) in [6, 6.07) is 14.3. The number of rotatable bonds is 7. The second-order valence-electron chi connectivity index (χ2n) is 4.90. The fourth-order valence-corrected chi connectivity index (χ4v) is 2.36. The lowest BCUT2D eigenvalue weighted by atomic mass is 9.98. The van der Waals surface area contributed by atoms with Gasteiger partial charge in [-0.05, 0) is 42.3 Å². The predicted octanol–water partition coefficient (Wildman–Crippen LogP) is 3.87. The molecule has 1 N–H and O–H groups in total. The van der Waals surface area contributed by atoms with Crippen molar-refractivity contribution in [3.8, 4) is 22.6 Å². The van der Waals surface area contributed by atoms with Gasteiger partial charge in [-0.2, -0.15) is 0 Å². The molecule has 112 valence electrons. The summed E-state index contributed by atoms with van der Waals surface area (Å²) in [6.45, 7) is 4.04. The highest BCUT2D eigenvalue weighted by Gasteiger charge is 2.11. The monoisotopic (exact) mass is 285 g/mol. The number of benzene rings is 2. The molecule has 0 saturated carbocycles. The summed E-state index contributed by atoms with van der Waals surface area (Å²) in [7, 11) is 3.38. The Bertz CT molecular complexity index is 581. The van der Waals surface area contributed by atoms with Crippen LogP contribution in [0.15, 0.2) is 42.5 Å². The molecule has 0 spiro atoms. The molecule has 0 radical (unpaired) electrons. The Kier molecular flexibility index (Phi) is 5.64. The molecular formula is C18H23NO2. The maximum absolute atomic E-state index is 5.50. The Hall–Kier alpha value is -2.00. The first-order valence-corrected chi connectivity index (χ1v) is 7.31. The van der Waals surface area contributed by atoms with Crippen LogP contribution in [-0.2, 0) is 6.54 Å². The summed E-state index contributed by atoms with van der Waals surface area (Å²) in [5, 5.41) is 3.46. The molecule has 0 heterocycles. The lowest BCUT2D eigenvalue weighted by Gasteiger charge is -2.14. The molecule has 0 bridgehead atoms. The third-order valence-corrected chi connectivity index (χ3v) is 3.46. The van der Waals surface area contributed by atoms with Gasteiger partial charge in [-0.15, -0.1) is 0 Å². The van der Waals surface area contributed by atoms with E-state index in [4.69, 9.17) is 9.47 Å². The molecule has 3 nitrogen and oxygen atoms in total. The smallest absolute Gasteiger partial charge is 0.126 e. The Morgan fingerprint density at radius 1 is 0.952 bits per heavy atom. The fourth-order valence-electron chi connectivity index (χ4n) is 2.36. The van der Waals surface area contributed by atoms with Crippen molar-refractivity contribution in [2.75, 3.05) is 20.8 Å². The van der Waals surface area contributed by atoms with Gasteiger partial charge in [0.1, 0.15) is 11.5 Å². The molecule has 0 aromatic heterocycles.